The molecule has 6 heteroatoms. The second kappa shape index (κ2) is 5.32. The number of hydrogen-bond donors (Lipinski definition) is 0. The second-order valence-electron chi connectivity index (χ2n) is 3.70. The molecule has 1 rings (SSSR count). The maximum absolute atomic E-state index is 12.2. The second-order valence-corrected chi connectivity index (χ2v) is 3.70. The first-order valence-corrected chi connectivity index (χ1v) is 5.39. The molecule has 0 spiro atoms. The molecule has 1 aromatic rings. The fourth-order valence-corrected chi connectivity index (χ4v) is 1.48. The van der Waals surface area contributed by atoms with Gasteiger partial charge < -0.3 is 4.52 Å². The van der Waals surface area contributed by atoms with Crippen molar-refractivity contribution < 1.29 is 17.7 Å². The first-order chi connectivity index (χ1) is 7.49. The van der Waals surface area contributed by atoms with Crippen LogP contribution >= 0.6 is 0 Å². The summed E-state index contributed by atoms with van der Waals surface area (Å²) in [5, 5.41) is 3.40. The van der Waals surface area contributed by atoms with Crippen LogP contribution in [0.1, 0.15) is 57.2 Å². The molecular formula is C10H15F3N2O. The largest absolute Gasteiger partial charge is 0.471 e. The lowest BCUT2D eigenvalue weighted by molar-refractivity contribution is -0.159. The van der Waals surface area contributed by atoms with Crippen molar-refractivity contribution in [1.82, 2.24) is 10.1 Å². The number of halogens is 3. The lowest BCUT2D eigenvalue weighted by Crippen LogP contribution is -2.06. The number of aromatic nitrogens is 2. The molecule has 1 unspecified atom stereocenters. The van der Waals surface area contributed by atoms with Crippen LogP contribution in [0, 0.1) is 0 Å². The molecule has 0 saturated carbocycles. The number of hydrogen-bond acceptors (Lipinski definition) is 3. The van der Waals surface area contributed by atoms with Crippen LogP contribution in [-0.4, -0.2) is 10.1 Å². The summed E-state index contributed by atoms with van der Waals surface area (Å²) in [5.74, 6) is -1.12. The molecule has 92 valence electrons. The van der Waals surface area contributed by atoms with E-state index < -0.39 is 12.1 Å². The zero-order chi connectivity index (χ0) is 12.2. The van der Waals surface area contributed by atoms with Crippen molar-refractivity contribution in [3.63, 3.8) is 0 Å². The van der Waals surface area contributed by atoms with Gasteiger partial charge in [0.2, 0.25) is 0 Å². The molecule has 0 saturated heterocycles. The summed E-state index contributed by atoms with van der Waals surface area (Å²) in [5.41, 5.74) is 0. The van der Waals surface area contributed by atoms with E-state index in [4.69, 9.17) is 0 Å². The quantitative estimate of drug-likeness (QED) is 0.781. The minimum absolute atomic E-state index is 0.0419. The Hall–Kier alpha value is -1.07. The van der Waals surface area contributed by atoms with Gasteiger partial charge in [0.15, 0.2) is 5.82 Å². The third-order valence-corrected chi connectivity index (χ3v) is 2.45. The van der Waals surface area contributed by atoms with Gasteiger partial charge in [-0.2, -0.15) is 18.2 Å². The molecule has 0 aliphatic rings. The van der Waals surface area contributed by atoms with E-state index in [-0.39, 0.29) is 11.7 Å². The monoisotopic (exact) mass is 236 g/mol. The summed E-state index contributed by atoms with van der Waals surface area (Å²) in [6, 6.07) is 0. The maximum Gasteiger partial charge on any atom is 0.471 e. The highest BCUT2D eigenvalue weighted by Gasteiger charge is 2.38. The molecule has 0 amide bonds. The van der Waals surface area contributed by atoms with Crippen molar-refractivity contribution in [2.24, 2.45) is 0 Å². The molecule has 0 aliphatic carbocycles. The Balaban J connectivity index is 2.75. The number of alkyl halides is 3. The Bertz CT molecular complexity index is 322. The molecule has 1 atom stereocenters. The van der Waals surface area contributed by atoms with E-state index in [0.717, 1.165) is 25.7 Å². The van der Waals surface area contributed by atoms with Crippen molar-refractivity contribution in [2.45, 2.75) is 51.6 Å². The molecule has 1 heterocycles. The van der Waals surface area contributed by atoms with E-state index in [9.17, 15) is 13.2 Å². The van der Waals surface area contributed by atoms with Gasteiger partial charge in [-0.15, -0.1) is 0 Å². The van der Waals surface area contributed by atoms with Crippen LogP contribution in [0.2, 0.25) is 0 Å². The fraction of sp³-hybridized carbons (Fsp3) is 0.800. The van der Waals surface area contributed by atoms with Gasteiger partial charge in [0, 0.05) is 5.92 Å². The minimum atomic E-state index is -4.55. The minimum Gasteiger partial charge on any atom is -0.329 e. The van der Waals surface area contributed by atoms with Crippen LogP contribution < -0.4 is 0 Å². The molecule has 0 aliphatic heterocycles. The van der Waals surface area contributed by atoms with Gasteiger partial charge >= 0.3 is 12.1 Å². The fourth-order valence-electron chi connectivity index (χ4n) is 1.48. The van der Waals surface area contributed by atoms with Gasteiger partial charge in [-0.1, -0.05) is 31.8 Å². The molecule has 1 aromatic heterocycles. The van der Waals surface area contributed by atoms with Crippen LogP contribution in [0.5, 0.6) is 0 Å². The van der Waals surface area contributed by atoms with Crippen molar-refractivity contribution in [3.8, 4) is 0 Å². The Labute approximate surface area is 92.0 Å². The zero-order valence-electron chi connectivity index (χ0n) is 9.34. The molecule has 0 fully saturated rings. The average molecular weight is 236 g/mol. The highest BCUT2D eigenvalue weighted by Crippen LogP contribution is 2.30. The smallest absolute Gasteiger partial charge is 0.329 e. The van der Waals surface area contributed by atoms with Crippen LogP contribution in [0.15, 0.2) is 4.52 Å². The van der Waals surface area contributed by atoms with Gasteiger partial charge in [0.05, 0.1) is 0 Å². The van der Waals surface area contributed by atoms with Crippen molar-refractivity contribution in [2.75, 3.05) is 0 Å². The lowest BCUT2D eigenvalue weighted by atomic mass is 9.99. The Morgan fingerprint density at radius 2 is 2.00 bits per heavy atom. The summed E-state index contributed by atoms with van der Waals surface area (Å²) in [6.45, 7) is 3.94. The van der Waals surface area contributed by atoms with Crippen LogP contribution in [-0.2, 0) is 6.18 Å². The first kappa shape index (κ1) is 13.0. The van der Waals surface area contributed by atoms with E-state index in [2.05, 4.69) is 14.7 Å². The van der Waals surface area contributed by atoms with E-state index in [1.165, 1.54) is 0 Å². The average Bonchev–Trinajstić information content (AvgIpc) is 2.68. The van der Waals surface area contributed by atoms with Crippen LogP contribution in [0.4, 0.5) is 13.2 Å². The number of rotatable bonds is 5. The Morgan fingerprint density at radius 3 is 2.44 bits per heavy atom. The van der Waals surface area contributed by atoms with Crippen molar-refractivity contribution >= 4 is 0 Å². The third kappa shape index (κ3) is 3.21. The van der Waals surface area contributed by atoms with Gasteiger partial charge in [0.1, 0.15) is 0 Å². The standard InChI is InChI=1S/C10H15F3N2O/c1-3-5-6-7(4-2)8-14-9(16-15-8)10(11,12)13/h7H,3-6H2,1-2H3. The molecule has 0 radical (unpaired) electrons. The van der Waals surface area contributed by atoms with Crippen LogP contribution in [0.25, 0.3) is 0 Å². The van der Waals surface area contributed by atoms with E-state index in [0.29, 0.717) is 0 Å². The highest BCUT2D eigenvalue weighted by atomic mass is 19.4. The highest BCUT2D eigenvalue weighted by molar-refractivity contribution is 4.96. The summed E-state index contributed by atoms with van der Waals surface area (Å²) in [7, 11) is 0. The molecule has 0 aromatic carbocycles. The van der Waals surface area contributed by atoms with Gasteiger partial charge in [-0.3, -0.25) is 0 Å². The topological polar surface area (TPSA) is 38.9 Å². The van der Waals surface area contributed by atoms with Crippen molar-refractivity contribution in [3.05, 3.63) is 11.7 Å². The number of nitrogens with zero attached hydrogens (tertiary/aromatic N) is 2. The van der Waals surface area contributed by atoms with Crippen molar-refractivity contribution in [1.29, 1.82) is 0 Å². The third-order valence-electron chi connectivity index (χ3n) is 2.45. The normalized spacial score (nSPS) is 14.1. The van der Waals surface area contributed by atoms with Gasteiger partial charge in [-0.25, -0.2) is 0 Å². The molecule has 3 nitrogen and oxygen atoms in total. The summed E-state index contributed by atoms with van der Waals surface area (Å²) < 4.78 is 40.9. The SMILES string of the molecule is CCCCC(CC)c1noc(C(F)(F)F)n1. The van der Waals surface area contributed by atoms with Crippen LogP contribution in [0.3, 0.4) is 0 Å². The summed E-state index contributed by atoms with van der Waals surface area (Å²) in [4.78, 5) is 3.40. The van der Waals surface area contributed by atoms with Gasteiger partial charge in [0.25, 0.3) is 0 Å². The molecule has 16 heavy (non-hydrogen) atoms. The van der Waals surface area contributed by atoms with E-state index in [1.807, 2.05) is 13.8 Å². The molecular weight excluding hydrogens is 221 g/mol. The molecule has 0 N–H and O–H groups in total. The number of unbranched alkanes of at least 4 members (excludes halogenated alkanes) is 1. The van der Waals surface area contributed by atoms with Gasteiger partial charge in [-0.05, 0) is 12.8 Å². The summed E-state index contributed by atoms with van der Waals surface area (Å²) in [6.07, 6.45) is -1.08. The lowest BCUT2D eigenvalue weighted by Gasteiger charge is -2.08. The summed E-state index contributed by atoms with van der Waals surface area (Å²) >= 11 is 0. The first-order valence-electron chi connectivity index (χ1n) is 5.39. The predicted octanol–water partition coefficient (Wildman–Crippen LogP) is 3.77. The Kier molecular flexibility index (Phi) is 4.32. The van der Waals surface area contributed by atoms with E-state index >= 15 is 0 Å². The maximum atomic E-state index is 12.2. The predicted molar refractivity (Wildman–Crippen MR) is 51.9 cm³/mol. The Morgan fingerprint density at radius 1 is 1.31 bits per heavy atom. The molecule has 0 bridgehead atoms. The van der Waals surface area contributed by atoms with E-state index in [1.54, 1.807) is 0 Å². The zero-order valence-corrected chi connectivity index (χ0v) is 9.34.